The molecule has 0 aliphatic carbocycles. The summed E-state index contributed by atoms with van der Waals surface area (Å²) in [5.74, 6) is 0.367. The first-order valence-corrected chi connectivity index (χ1v) is 8.20. The van der Waals surface area contributed by atoms with Gasteiger partial charge in [0.1, 0.15) is 5.71 Å². The number of oxime groups is 1. The van der Waals surface area contributed by atoms with Gasteiger partial charge in [-0.2, -0.15) is 0 Å². The maximum Gasteiger partial charge on any atom is 0.365 e. The monoisotopic (exact) mass is 362 g/mol. The molecule has 0 N–H and O–H groups in total. The number of hydrogen-bond donors (Lipinski definition) is 0. The third-order valence-electron chi connectivity index (χ3n) is 3.84. The summed E-state index contributed by atoms with van der Waals surface area (Å²) in [6.45, 7) is 0. The van der Waals surface area contributed by atoms with Crippen LogP contribution in [0.4, 0.5) is 0 Å². The van der Waals surface area contributed by atoms with Crippen LogP contribution in [0.3, 0.4) is 0 Å². The van der Waals surface area contributed by atoms with Gasteiger partial charge >= 0.3 is 5.97 Å². The van der Waals surface area contributed by atoms with E-state index in [4.69, 9.17) is 14.3 Å². The molecule has 1 heterocycles. The molecule has 0 bridgehead atoms. The lowest BCUT2D eigenvalue weighted by Gasteiger charge is -2.09. The maximum absolute atomic E-state index is 12.4. The maximum atomic E-state index is 12.4. The molecule has 1 aromatic heterocycles. The summed E-state index contributed by atoms with van der Waals surface area (Å²) < 4.78 is 10.4. The molecule has 0 unspecified atom stereocenters. The van der Waals surface area contributed by atoms with Crippen LogP contribution in [0.15, 0.2) is 78.2 Å². The molecule has 0 amide bonds. The van der Waals surface area contributed by atoms with E-state index >= 15 is 0 Å². The van der Waals surface area contributed by atoms with Gasteiger partial charge in [0.05, 0.1) is 19.8 Å². The number of aromatic nitrogens is 1. The zero-order valence-corrected chi connectivity index (χ0v) is 15.0. The van der Waals surface area contributed by atoms with Gasteiger partial charge in [-0.05, 0) is 30.3 Å². The zero-order valence-electron chi connectivity index (χ0n) is 15.0. The van der Waals surface area contributed by atoms with Crippen molar-refractivity contribution in [1.29, 1.82) is 0 Å². The first-order chi connectivity index (χ1) is 13.2. The minimum absolute atomic E-state index is 0.304. The molecule has 0 aliphatic rings. The zero-order chi connectivity index (χ0) is 19.1. The van der Waals surface area contributed by atoms with Crippen LogP contribution in [0.2, 0.25) is 0 Å². The molecule has 0 atom stereocenters. The molecule has 0 fully saturated rings. The number of ether oxygens (including phenoxy) is 2. The van der Waals surface area contributed by atoms with Crippen LogP contribution in [0.25, 0.3) is 0 Å². The molecule has 6 nitrogen and oxygen atoms in total. The predicted molar refractivity (Wildman–Crippen MR) is 101 cm³/mol. The largest absolute Gasteiger partial charge is 0.493 e. The highest BCUT2D eigenvalue weighted by Gasteiger charge is 2.14. The van der Waals surface area contributed by atoms with E-state index in [2.05, 4.69) is 10.1 Å². The van der Waals surface area contributed by atoms with E-state index in [1.54, 1.807) is 42.7 Å². The smallest absolute Gasteiger partial charge is 0.365 e. The Labute approximate surface area is 157 Å². The summed E-state index contributed by atoms with van der Waals surface area (Å²) in [7, 11) is 3.03. The van der Waals surface area contributed by atoms with E-state index in [9.17, 15) is 4.79 Å². The topological polar surface area (TPSA) is 70.0 Å². The first-order valence-electron chi connectivity index (χ1n) is 8.20. The van der Waals surface area contributed by atoms with Crippen molar-refractivity contribution >= 4 is 11.7 Å². The SMILES string of the molecule is COc1ccc(C(=O)ON=C(c2ccccc2)c2ccncc2)cc1OC. The highest BCUT2D eigenvalue weighted by atomic mass is 16.7. The minimum atomic E-state index is -0.599. The molecular weight excluding hydrogens is 344 g/mol. The van der Waals surface area contributed by atoms with Gasteiger partial charge in [-0.3, -0.25) is 4.98 Å². The summed E-state index contributed by atoms with van der Waals surface area (Å²) in [4.78, 5) is 21.7. The fraction of sp³-hybridized carbons (Fsp3) is 0.0952. The van der Waals surface area contributed by atoms with E-state index in [1.807, 2.05) is 30.3 Å². The molecule has 3 aromatic rings. The van der Waals surface area contributed by atoms with Crippen LogP contribution in [0.5, 0.6) is 11.5 Å². The van der Waals surface area contributed by atoms with E-state index in [0.717, 1.165) is 11.1 Å². The van der Waals surface area contributed by atoms with Crippen LogP contribution in [-0.2, 0) is 4.84 Å². The predicted octanol–water partition coefficient (Wildman–Crippen LogP) is 3.71. The van der Waals surface area contributed by atoms with Gasteiger partial charge in [0.2, 0.25) is 0 Å². The van der Waals surface area contributed by atoms with Crippen molar-refractivity contribution in [2.24, 2.45) is 5.16 Å². The first kappa shape index (κ1) is 18.1. The molecule has 3 rings (SSSR count). The number of hydrogen-bond acceptors (Lipinski definition) is 6. The number of rotatable bonds is 6. The van der Waals surface area contributed by atoms with Gasteiger partial charge in [-0.15, -0.1) is 0 Å². The Hall–Kier alpha value is -3.67. The Bertz CT molecular complexity index is 899. The van der Waals surface area contributed by atoms with Crippen molar-refractivity contribution in [3.63, 3.8) is 0 Å². The normalized spacial score (nSPS) is 11.0. The van der Waals surface area contributed by atoms with Crippen molar-refractivity contribution < 1.29 is 19.1 Å². The minimum Gasteiger partial charge on any atom is -0.493 e. The molecule has 27 heavy (non-hydrogen) atoms. The Morgan fingerprint density at radius 2 is 1.48 bits per heavy atom. The molecule has 0 aliphatic heterocycles. The molecule has 0 saturated heterocycles. The number of benzene rings is 2. The standard InChI is InChI=1S/C21H18N2O4/c1-25-18-9-8-17(14-19(18)26-2)21(24)27-23-20(15-6-4-3-5-7-15)16-10-12-22-13-11-16/h3-14H,1-2H3. The molecular formula is C21H18N2O4. The van der Waals surface area contributed by atoms with E-state index in [-0.39, 0.29) is 0 Å². The van der Waals surface area contributed by atoms with Crippen molar-refractivity contribution in [1.82, 2.24) is 4.98 Å². The lowest BCUT2D eigenvalue weighted by atomic mass is 10.0. The fourth-order valence-corrected chi connectivity index (χ4v) is 2.48. The average Bonchev–Trinajstić information content (AvgIpc) is 2.74. The number of carbonyl (C=O) groups excluding carboxylic acids is 1. The van der Waals surface area contributed by atoms with E-state index < -0.39 is 5.97 Å². The Morgan fingerprint density at radius 3 is 2.15 bits per heavy atom. The average molecular weight is 362 g/mol. The van der Waals surface area contributed by atoms with Crippen molar-refractivity contribution in [3.8, 4) is 11.5 Å². The van der Waals surface area contributed by atoms with Crippen molar-refractivity contribution in [3.05, 3.63) is 89.7 Å². The second-order valence-corrected chi connectivity index (χ2v) is 5.49. The van der Waals surface area contributed by atoms with Crippen LogP contribution >= 0.6 is 0 Å². The van der Waals surface area contributed by atoms with Crippen LogP contribution in [0.1, 0.15) is 21.5 Å². The lowest BCUT2D eigenvalue weighted by molar-refractivity contribution is 0.0516. The lowest BCUT2D eigenvalue weighted by Crippen LogP contribution is -2.08. The molecule has 6 heteroatoms. The Kier molecular flexibility index (Phi) is 5.79. The van der Waals surface area contributed by atoms with Gasteiger partial charge in [0.25, 0.3) is 0 Å². The van der Waals surface area contributed by atoms with Crippen molar-refractivity contribution in [2.45, 2.75) is 0 Å². The molecule has 2 aromatic carbocycles. The van der Waals surface area contributed by atoms with Crippen LogP contribution in [-0.4, -0.2) is 30.9 Å². The summed E-state index contributed by atoms with van der Waals surface area (Å²) in [6.07, 6.45) is 3.31. The summed E-state index contributed by atoms with van der Waals surface area (Å²) in [5.41, 5.74) is 2.45. The van der Waals surface area contributed by atoms with Gasteiger partial charge in [0, 0.05) is 23.5 Å². The highest BCUT2D eigenvalue weighted by molar-refractivity contribution is 6.12. The summed E-state index contributed by atoms with van der Waals surface area (Å²) >= 11 is 0. The number of carbonyl (C=O) groups is 1. The van der Waals surface area contributed by atoms with Crippen molar-refractivity contribution in [2.75, 3.05) is 14.2 Å². The third-order valence-corrected chi connectivity index (χ3v) is 3.84. The fourth-order valence-electron chi connectivity index (χ4n) is 2.48. The summed E-state index contributed by atoms with van der Waals surface area (Å²) in [5, 5.41) is 4.11. The second kappa shape index (κ2) is 8.62. The van der Waals surface area contributed by atoms with Gasteiger partial charge < -0.3 is 14.3 Å². The molecule has 136 valence electrons. The summed E-state index contributed by atoms with van der Waals surface area (Å²) in [6, 6.07) is 17.9. The van der Waals surface area contributed by atoms with Gasteiger partial charge in [0.15, 0.2) is 11.5 Å². The molecule has 0 saturated carbocycles. The Balaban J connectivity index is 1.90. The molecule has 0 spiro atoms. The van der Waals surface area contributed by atoms with E-state index in [0.29, 0.717) is 22.8 Å². The number of methoxy groups -OCH3 is 2. The Morgan fingerprint density at radius 1 is 0.815 bits per heavy atom. The third kappa shape index (κ3) is 4.30. The van der Waals surface area contributed by atoms with Gasteiger partial charge in [-0.1, -0.05) is 35.5 Å². The van der Waals surface area contributed by atoms with Gasteiger partial charge in [-0.25, -0.2) is 4.79 Å². The number of pyridine rings is 1. The quantitative estimate of drug-likeness (QED) is 0.380. The van der Waals surface area contributed by atoms with E-state index in [1.165, 1.54) is 14.2 Å². The van der Waals surface area contributed by atoms with Crippen LogP contribution in [0, 0.1) is 0 Å². The second-order valence-electron chi connectivity index (χ2n) is 5.49. The van der Waals surface area contributed by atoms with Crippen LogP contribution < -0.4 is 9.47 Å². The molecule has 0 radical (unpaired) electrons. The number of nitrogens with zero attached hydrogens (tertiary/aromatic N) is 2. The highest BCUT2D eigenvalue weighted by Crippen LogP contribution is 2.27.